The monoisotopic (exact) mass is 578 g/mol. The molecule has 2 amide bonds. The number of rotatable bonds is 12. The van der Waals surface area contributed by atoms with Gasteiger partial charge in [0, 0.05) is 17.2 Å². The Labute approximate surface area is 241 Å². The summed E-state index contributed by atoms with van der Waals surface area (Å²) in [5, 5.41) is 20.4. The van der Waals surface area contributed by atoms with Gasteiger partial charge in [0.15, 0.2) is 0 Å². The molecule has 4 rings (SSSR count). The summed E-state index contributed by atoms with van der Waals surface area (Å²) in [6.07, 6.45) is 1.28. The number of anilines is 1. The third kappa shape index (κ3) is 8.39. The van der Waals surface area contributed by atoms with Crippen LogP contribution in [0.3, 0.4) is 0 Å². The highest BCUT2D eigenvalue weighted by Gasteiger charge is 2.31. The van der Waals surface area contributed by atoms with Crippen molar-refractivity contribution in [2.24, 2.45) is 0 Å². The molecule has 9 nitrogen and oxygen atoms in total. The van der Waals surface area contributed by atoms with Gasteiger partial charge in [-0.05, 0) is 69.0 Å². The molecule has 0 saturated carbocycles. The van der Waals surface area contributed by atoms with Crippen LogP contribution in [0, 0.1) is 0 Å². The quantitative estimate of drug-likeness (QED) is 0.224. The van der Waals surface area contributed by atoms with Crippen molar-refractivity contribution in [3.8, 4) is 0 Å². The number of sulfonamides is 1. The summed E-state index contributed by atoms with van der Waals surface area (Å²) in [6.45, 7) is 4.14. The molecule has 1 heterocycles. The van der Waals surface area contributed by atoms with E-state index in [4.69, 9.17) is 0 Å². The molecule has 4 atom stereocenters. The summed E-state index contributed by atoms with van der Waals surface area (Å²) in [4.78, 5) is 26.9. The summed E-state index contributed by atoms with van der Waals surface area (Å²) in [5.41, 5.74) is 2.19. The number of aliphatic hydroxyl groups is 1. The Balaban J connectivity index is 1.62. The van der Waals surface area contributed by atoms with Crippen molar-refractivity contribution in [3.05, 3.63) is 101 Å². The fourth-order valence-electron chi connectivity index (χ4n) is 4.97. The second-order valence-electron chi connectivity index (χ2n) is 10.4. The highest BCUT2D eigenvalue weighted by atomic mass is 32.2. The van der Waals surface area contributed by atoms with E-state index in [0.29, 0.717) is 6.42 Å². The number of benzene rings is 3. The van der Waals surface area contributed by atoms with E-state index in [1.54, 1.807) is 0 Å². The second-order valence-corrected chi connectivity index (χ2v) is 12.4. The predicted molar refractivity (Wildman–Crippen MR) is 160 cm³/mol. The van der Waals surface area contributed by atoms with Gasteiger partial charge < -0.3 is 21.1 Å². The Morgan fingerprint density at radius 3 is 2.15 bits per heavy atom. The van der Waals surface area contributed by atoms with Gasteiger partial charge in [-0.2, -0.15) is 0 Å². The van der Waals surface area contributed by atoms with Gasteiger partial charge in [0.2, 0.25) is 10.0 Å². The maximum absolute atomic E-state index is 13.6. The molecule has 1 aliphatic rings. The number of hydrogen-bond donors (Lipinski definition) is 5. The lowest BCUT2D eigenvalue weighted by Crippen LogP contribution is -2.52. The van der Waals surface area contributed by atoms with Crippen LogP contribution >= 0.6 is 0 Å². The number of hydrogen-bond acceptors (Lipinski definition) is 6. The number of aliphatic hydroxyl groups excluding tert-OH is 1. The first-order valence-electron chi connectivity index (χ1n) is 13.9. The smallest absolute Gasteiger partial charge is 0.251 e. The minimum absolute atomic E-state index is 0.100. The molecular weight excluding hydrogens is 540 g/mol. The average molecular weight is 579 g/mol. The largest absolute Gasteiger partial charge is 0.389 e. The molecule has 0 aliphatic carbocycles. The first kappa shape index (κ1) is 30.2. The Morgan fingerprint density at radius 1 is 0.951 bits per heavy atom. The minimum Gasteiger partial charge on any atom is -0.389 e. The van der Waals surface area contributed by atoms with Crippen LogP contribution in [0.5, 0.6) is 0 Å². The minimum atomic E-state index is -3.67. The van der Waals surface area contributed by atoms with E-state index in [1.165, 1.54) is 25.1 Å². The number of carbonyl (C=O) groups excluding carboxylic acids is 2. The van der Waals surface area contributed by atoms with Crippen molar-refractivity contribution in [2.45, 2.75) is 57.3 Å². The lowest BCUT2D eigenvalue weighted by Gasteiger charge is -2.29. The van der Waals surface area contributed by atoms with Crippen LogP contribution in [0.1, 0.15) is 64.6 Å². The van der Waals surface area contributed by atoms with Crippen LogP contribution in [-0.2, 0) is 16.4 Å². The van der Waals surface area contributed by atoms with E-state index >= 15 is 0 Å². The van der Waals surface area contributed by atoms with E-state index in [2.05, 4.69) is 20.7 Å². The molecule has 1 aliphatic heterocycles. The van der Waals surface area contributed by atoms with Crippen molar-refractivity contribution in [3.63, 3.8) is 0 Å². The number of carbonyl (C=O) groups is 2. The van der Waals surface area contributed by atoms with Gasteiger partial charge in [-0.15, -0.1) is 0 Å². The summed E-state index contributed by atoms with van der Waals surface area (Å²) < 4.78 is 27.2. The fourth-order valence-corrected chi connectivity index (χ4v) is 5.59. The molecule has 0 spiro atoms. The zero-order valence-corrected chi connectivity index (χ0v) is 24.2. The third-order valence-electron chi connectivity index (χ3n) is 7.30. The summed E-state index contributed by atoms with van der Waals surface area (Å²) in [6, 6.07) is 22.2. The molecular formula is C31H38N4O5S. The number of amides is 2. The molecule has 0 bridgehead atoms. The normalized spacial score (nSPS) is 17.3. The lowest BCUT2D eigenvalue weighted by molar-refractivity contribution is 0.0738. The topological polar surface area (TPSA) is 137 Å². The molecule has 10 heteroatoms. The molecule has 218 valence electrons. The van der Waals surface area contributed by atoms with E-state index in [1.807, 2.05) is 67.6 Å². The molecule has 5 N–H and O–H groups in total. The maximum atomic E-state index is 13.6. The Kier molecular flexibility index (Phi) is 10.1. The van der Waals surface area contributed by atoms with Crippen LogP contribution in [0.15, 0.2) is 78.9 Å². The van der Waals surface area contributed by atoms with Gasteiger partial charge in [0.25, 0.3) is 11.8 Å². The zero-order valence-electron chi connectivity index (χ0n) is 23.3. The Bertz CT molecular complexity index is 1430. The fraction of sp³-hybridized carbons (Fsp3) is 0.355. The Hall–Kier alpha value is -3.73. The van der Waals surface area contributed by atoms with Gasteiger partial charge >= 0.3 is 0 Å². The SMILES string of the molecule is CCS(=O)(=O)Nc1cc(C(=O)N[C@@H](Cc2ccccc2)[C@H](O)[C@H]2CCCN2)cc(C(=O)N[C@H](C)c2ccccc2)c1. The van der Waals surface area contributed by atoms with Gasteiger partial charge in [-0.1, -0.05) is 60.7 Å². The van der Waals surface area contributed by atoms with Crippen molar-refractivity contribution in [2.75, 3.05) is 17.0 Å². The Morgan fingerprint density at radius 2 is 1.56 bits per heavy atom. The predicted octanol–water partition coefficient (Wildman–Crippen LogP) is 3.39. The first-order chi connectivity index (χ1) is 19.6. The molecule has 0 radical (unpaired) electrons. The summed E-state index contributed by atoms with van der Waals surface area (Å²) >= 11 is 0. The van der Waals surface area contributed by atoms with Gasteiger partial charge in [0.1, 0.15) is 0 Å². The van der Waals surface area contributed by atoms with Crippen LogP contribution < -0.4 is 20.7 Å². The molecule has 0 unspecified atom stereocenters. The van der Waals surface area contributed by atoms with Crippen molar-refractivity contribution in [1.29, 1.82) is 0 Å². The highest BCUT2D eigenvalue weighted by molar-refractivity contribution is 7.92. The van der Waals surface area contributed by atoms with Crippen molar-refractivity contribution in [1.82, 2.24) is 16.0 Å². The van der Waals surface area contributed by atoms with Gasteiger partial charge in [-0.25, -0.2) is 8.42 Å². The molecule has 41 heavy (non-hydrogen) atoms. The lowest BCUT2D eigenvalue weighted by atomic mass is 9.95. The molecule has 0 aromatic heterocycles. The number of nitrogens with one attached hydrogen (secondary N) is 4. The molecule has 1 saturated heterocycles. The molecule has 1 fully saturated rings. The van der Waals surface area contributed by atoms with Crippen LogP contribution in [0.4, 0.5) is 5.69 Å². The molecule has 3 aromatic rings. The van der Waals surface area contributed by atoms with E-state index < -0.39 is 34.0 Å². The second kappa shape index (κ2) is 13.8. The van der Waals surface area contributed by atoms with Crippen LogP contribution in [0.25, 0.3) is 0 Å². The van der Waals surface area contributed by atoms with Crippen molar-refractivity contribution >= 4 is 27.5 Å². The summed E-state index contributed by atoms with van der Waals surface area (Å²) in [7, 11) is -3.67. The van der Waals surface area contributed by atoms with Crippen LogP contribution in [0.2, 0.25) is 0 Å². The summed E-state index contributed by atoms with van der Waals surface area (Å²) in [5.74, 6) is -1.15. The zero-order chi connectivity index (χ0) is 29.4. The molecule has 3 aromatic carbocycles. The van der Waals surface area contributed by atoms with Gasteiger partial charge in [-0.3, -0.25) is 14.3 Å². The van der Waals surface area contributed by atoms with E-state index in [-0.39, 0.29) is 34.7 Å². The maximum Gasteiger partial charge on any atom is 0.251 e. The average Bonchev–Trinajstić information content (AvgIpc) is 3.52. The highest BCUT2D eigenvalue weighted by Crippen LogP contribution is 2.21. The van der Waals surface area contributed by atoms with Crippen LogP contribution in [-0.4, -0.2) is 55.8 Å². The van der Waals surface area contributed by atoms with Crippen molar-refractivity contribution < 1.29 is 23.1 Å². The third-order valence-corrected chi connectivity index (χ3v) is 8.60. The van der Waals surface area contributed by atoms with Gasteiger partial charge in [0.05, 0.1) is 29.6 Å². The standard InChI is InChI=1S/C31H38N4O5S/c1-3-41(39,40)35-26-19-24(30(37)33-21(2)23-13-8-5-9-14-23)18-25(20-26)31(38)34-28(17-22-11-6-4-7-12-22)29(36)27-15-10-16-32-27/h4-9,11-14,18-21,27-29,32,35-36H,3,10,15-17H2,1-2H3,(H,33,37)(H,34,38)/t21-,27-,28+,29-/m1/s1. The first-order valence-corrected chi connectivity index (χ1v) is 15.6. The van der Waals surface area contributed by atoms with E-state index in [9.17, 15) is 23.1 Å². The van der Waals surface area contributed by atoms with E-state index in [0.717, 1.165) is 30.5 Å².